The Morgan fingerprint density at radius 1 is 1.05 bits per heavy atom. The number of hydrogen-bond acceptors (Lipinski definition) is 7. The van der Waals surface area contributed by atoms with E-state index in [1.165, 1.54) is 0 Å². The molecule has 0 unspecified atom stereocenters. The predicted molar refractivity (Wildman–Crippen MR) is 155 cm³/mol. The second kappa shape index (κ2) is 12.6. The maximum absolute atomic E-state index is 13.7. The number of amides is 2. The quantitative estimate of drug-likeness (QED) is 0.410. The average molecular weight is 560 g/mol. The van der Waals surface area contributed by atoms with Crippen LogP contribution in [0.1, 0.15) is 35.3 Å². The lowest BCUT2D eigenvalue weighted by Gasteiger charge is -2.38. The van der Waals surface area contributed by atoms with Gasteiger partial charge in [-0.3, -0.25) is 14.5 Å². The van der Waals surface area contributed by atoms with Gasteiger partial charge in [0.2, 0.25) is 12.7 Å². The van der Waals surface area contributed by atoms with Crippen LogP contribution in [0.3, 0.4) is 0 Å². The SMILES string of the molecule is C[C@H]1CN([C@@H](C)CO)C(=O)c2cc(NC(=O)Cc3ccccc3)ccc2O[C@@H]1CN(C)Cc1ccc2c(c1)OCO2. The van der Waals surface area contributed by atoms with Crippen LogP contribution in [0.2, 0.25) is 0 Å². The number of carbonyl (C=O) groups excluding carboxylic acids is 2. The first-order valence-electron chi connectivity index (χ1n) is 13.9. The Kier molecular flexibility index (Phi) is 8.75. The van der Waals surface area contributed by atoms with Gasteiger partial charge in [-0.25, -0.2) is 0 Å². The number of hydrogen-bond donors (Lipinski definition) is 2. The summed E-state index contributed by atoms with van der Waals surface area (Å²) in [5.41, 5.74) is 2.87. The number of likely N-dealkylation sites (N-methyl/N-ethyl adjacent to an activating group) is 1. The Bertz CT molecular complexity index is 1380. The minimum Gasteiger partial charge on any atom is -0.488 e. The number of benzene rings is 3. The first kappa shape index (κ1) is 28.4. The molecular weight excluding hydrogens is 522 g/mol. The van der Waals surface area contributed by atoms with E-state index in [0.717, 1.165) is 22.6 Å². The highest BCUT2D eigenvalue weighted by Gasteiger charge is 2.33. The Morgan fingerprint density at radius 2 is 1.80 bits per heavy atom. The van der Waals surface area contributed by atoms with E-state index in [-0.39, 0.29) is 49.7 Å². The van der Waals surface area contributed by atoms with Gasteiger partial charge in [0.1, 0.15) is 11.9 Å². The van der Waals surface area contributed by atoms with Crippen LogP contribution in [0.25, 0.3) is 0 Å². The molecule has 0 fully saturated rings. The lowest BCUT2D eigenvalue weighted by molar-refractivity contribution is -0.115. The molecule has 0 aliphatic carbocycles. The van der Waals surface area contributed by atoms with Crippen LogP contribution in [0, 0.1) is 5.92 Å². The maximum Gasteiger partial charge on any atom is 0.258 e. The van der Waals surface area contributed by atoms with Crippen molar-refractivity contribution in [1.29, 1.82) is 0 Å². The molecule has 9 heteroatoms. The van der Waals surface area contributed by atoms with Crippen molar-refractivity contribution in [2.45, 2.75) is 39.0 Å². The topological polar surface area (TPSA) is 101 Å². The smallest absolute Gasteiger partial charge is 0.258 e. The van der Waals surface area contributed by atoms with E-state index in [1.54, 1.807) is 23.1 Å². The second-order valence-electron chi connectivity index (χ2n) is 10.9. The van der Waals surface area contributed by atoms with Gasteiger partial charge in [-0.2, -0.15) is 0 Å². The van der Waals surface area contributed by atoms with Gasteiger partial charge in [-0.05, 0) is 55.4 Å². The lowest BCUT2D eigenvalue weighted by Crippen LogP contribution is -2.49. The molecule has 41 heavy (non-hydrogen) atoms. The number of nitrogens with one attached hydrogen (secondary N) is 1. The molecule has 2 heterocycles. The first-order chi connectivity index (χ1) is 19.8. The fourth-order valence-electron chi connectivity index (χ4n) is 5.23. The first-order valence-corrected chi connectivity index (χ1v) is 13.9. The molecule has 0 spiro atoms. The van der Waals surface area contributed by atoms with Crippen LogP contribution in [-0.2, 0) is 17.8 Å². The third-order valence-corrected chi connectivity index (χ3v) is 7.54. The van der Waals surface area contributed by atoms with E-state index < -0.39 is 0 Å². The summed E-state index contributed by atoms with van der Waals surface area (Å²) in [6.45, 7) is 5.69. The van der Waals surface area contributed by atoms with Crippen molar-refractivity contribution in [3.8, 4) is 17.2 Å². The highest BCUT2D eigenvalue weighted by atomic mass is 16.7. The van der Waals surface area contributed by atoms with Crippen molar-refractivity contribution in [3.63, 3.8) is 0 Å². The van der Waals surface area contributed by atoms with Crippen molar-refractivity contribution < 1.29 is 28.9 Å². The lowest BCUT2D eigenvalue weighted by atomic mass is 9.99. The Labute approximate surface area is 240 Å². The van der Waals surface area contributed by atoms with Crippen molar-refractivity contribution in [1.82, 2.24) is 9.80 Å². The molecule has 3 aromatic carbocycles. The summed E-state index contributed by atoms with van der Waals surface area (Å²) in [5.74, 6) is 1.54. The van der Waals surface area contributed by atoms with E-state index in [9.17, 15) is 14.7 Å². The summed E-state index contributed by atoms with van der Waals surface area (Å²) in [4.78, 5) is 30.3. The fourth-order valence-corrected chi connectivity index (χ4v) is 5.23. The van der Waals surface area contributed by atoms with E-state index in [4.69, 9.17) is 14.2 Å². The van der Waals surface area contributed by atoms with Crippen LogP contribution in [0.5, 0.6) is 17.2 Å². The molecule has 2 aliphatic rings. The number of aliphatic hydroxyl groups is 1. The molecular formula is C32H37N3O6. The summed E-state index contributed by atoms with van der Waals surface area (Å²) in [5, 5.41) is 12.9. The Hall–Kier alpha value is -4.08. The molecule has 2 aliphatic heterocycles. The fraction of sp³-hybridized carbons (Fsp3) is 0.375. The minimum absolute atomic E-state index is 0.00874. The van der Waals surface area contributed by atoms with Crippen LogP contribution >= 0.6 is 0 Å². The molecule has 2 amide bonds. The monoisotopic (exact) mass is 559 g/mol. The van der Waals surface area contributed by atoms with Gasteiger partial charge in [-0.15, -0.1) is 0 Å². The van der Waals surface area contributed by atoms with Gasteiger partial charge in [0, 0.05) is 31.2 Å². The summed E-state index contributed by atoms with van der Waals surface area (Å²) < 4.78 is 17.5. The van der Waals surface area contributed by atoms with Gasteiger partial charge >= 0.3 is 0 Å². The Balaban J connectivity index is 1.35. The number of carbonyl (C=O) groups is 2. The second-order valence-corrected chi connectivity index (χ2v) is 10.9. The van der Waals surface area contributed by atoms with E-state index in [2.05, 4.69) is 17.1 Å². The van der Waals surface area contributed by atoms with Crippen LogP contribution in [0.15, 0.2) is 66.7 Å². The number of rotatable bonds is 9. The van der Waals surface area contributed by atoms with Crippen molar-refractivity contribution in [3.05, 3.63) is 83.4 Å². The summed E-state index contributed by atoms with van der Waals surface area (Å²) in [7, 11) is 2.03. The summed E-state index contributed by atoms with van der Waals surface area (Å²) >= 11 is 0. The Morgan fingerprint density at radius 3 is 2.59 bits per heavy atom. The molecule has 0 saturated carbocycles. The summed E-state index contributed by atoms with van der Waals surface area (Å²) in [6.07, 6.45) is -0.00140. The largest absolute Gasteiger partial charge is 0.488 e. The van der Waals surface area contributed by atoms with Crippen LogP contribution in [0.4, 0.5) is 5.69 Å². The van der Waals surface area contributed by atoms with Gasteiger partial charge in [0.05, 0.1) is 24.6 Å². The third-order valence-electron chi connectivity index (χ3n) is 7.54. The van der Waals surface area contributed by atoms with E-state index in [1.807, 2.05) is 62.5 Å². The van der Waals surface area contributed by atoms with Crippen LogP contribution in [-0.4, -0.2) is 72.4 Å². The van der Waals surface area contributed by atoms with E-state index >= 15 is 0 Å². The number of fused-ring (bicyclic) bond motifs is 2. The zero-order chi connectivity index (χ0) is 28.9. The van der Waals surface area contributed by atoms with Gasteiger partial charge in [0.15, 0.2) is 11.5 Å². The molecule has 3 atom stereocenters. The van der Waals surface area contributed by atoms with E-state index in [0.29, 0.717) is 36.6 Å². The zero-order valence-electron chi connectivity index (χ0n) is 23.7. The number of nitrogens with zero attached hydrogens (tertiary/aromatic N) is 2. The molecule has 216 valence electrons. The molecule has 0 radical (unpaired) electrons. The highest BCUT2D eigenvalue weighted by molar-refractivity contribution is 6.00. The standard InChI is InChI=1S/C32H37N3O6/c1-21-16-35(22(2)19-36)32(38)26-15-25(33-31(37)14-23-7-5-4-6-8-23)10-12-27(26)41-30(21)18-34(3)17-24-9-11-28-29(13-24)40-20-39-28/h4-13,15,21-22,30,36H,14,16-20H2,1-3H3,(H,33,37)/t21-,22-,30+/m0/s1. The van der Waals surface area contributed by atoms with Gasteiger partial charge in [-0.1, -0.05) is 43.3 Å². The van der Waals surface area contributed by atoms with Crippen molar-refractivity contribution in [2.75, 3.05) is 38.9 Å². The van der Waals surface area contributed by atoms with Gasteiger partial charge in [0.25, 0.3) is 5.91 Å². The number of anilines is 1. The number of ether oxygens (including phenoxy) is 3. The predicted octanol–water partition coefficient (Wildman–Crippen LogP) is 3.95. The molecule has 0 bridgehead atoms. The minimum atomic E-state index is -0.376. The normalized spacial score (nSPS) is 18.8. The number of aliphatic hydroxyl groups excluding tert-OH is 1. The third kappa shape index (κ3) is 6.81. The van der Waals surface area contributed by atoms with Crippen molar-refractivity contribution in [2.24, 2.45) is 5.92 Å². The molecule has 9 nitrogen and oxygen atoms in total. The summed E-state index contributed by atoms with van der Waals surface area (Å²) in [6, 6.07) is 20.2. The molecule has 0 saturated heterocycles. The molecule has 0 aromatic heterocycles. The zero-order valence-corrected chi connectivity index (χ0v) is 23.7. The molecule has 3 aromatic rings. The highest BCUT2D eigenvalue weighted by Crippen LogP contribution is 2.33. The average Bonchev–Trinajstić information content (AvgIpc) is 3.43. The molecule has 2 N–H and O–H groups in total. The maximum atomic E-state index is 13.7. The van der Waals surface area contributed by atoms with Crippen LogP contribution < -0.4 is 19.5 Å². The van der Waals surface area contributed by atoms with Crippen molar-refractivity contribution >= 4 is 17.5 Å². The molecule has 5 rings (SSSR count). The van der Waals surface area contributed by atoms with Gasteiger partial charge < -0.3 is 29.5 Å².